The number of nitrogens with one attached hydrogen (secondary N) is 1. The zero-order chi connectivity index (χ0) is 13.1. The first-order valence-electron chi connectivity index (χ1n) is 7.95. The predicted molar refractivity (Wildman–Crippen MR) is 76.2 cm³/mol. The molecule has 2 heterocycles. The summed E-state index contributed by atoms with van der Waals surface area (Å²) in [5.41, 5.74) is 0. The van der Waals surface area contributed by atoms with Crippen molar-refractivity contribution in [2.45, 2.75) is 64.3 Å². The molecule has 4 heteroatoms. The first-order chi connectivity index (χ1) is 9.34. The van der Waals surface area contributed by atoms with Crippen molar-refractivity contribution in [1.29, 1.82) is 0 Å². The summed E-state index contributed by atoms with van der Waals surface area (Å²) in [6.07, 6.45) is 10.7. The highest BCUT2D eigenvalue weighted by atomic mass is 15.3. The molecule has 106 valence electrons. The molecule has 1 unspecified atom stereocenters. The van der Waals surface area contributed by atoms with Crippen molar-refractivity contribution >= 4 is 0 Å². The van der Waals surface area contributed by atoms with E-state index in [1.165, 1.54) is 50.8 Å². The number of aromatic nitrogens is 3. The molecule has 2 fully saturated rings. The summed E-state index contributed by atoms with van der Waals surface area (Å²) in [7, 11) is 0. The second kappa shape index (κ2) is 6.04. The zero-order valence-corrected chi connectivity index (χ0v) is 12.1. The van der Waals surface area contributed by atoms with Crippen molar-refractivity contribution in [3.8, 4) is 0 Å². The van der Waals surface area contributed by atoms with Crippen LogP contribution >= 0.6 is 0 Å². The highest BCUT2D eigenvalue weighted by Crippen LogP contribution is 2.29. The Labute approximate surface area is 116 Å². The highest BCUT2D eigenvalue weighted by molar-refractivity contribution is 4.99. The second-order valence-electron chi connectivity index (χ2n) is 6.22. The average molecular weight is 262 g/mol. The van der Waals surface area contributed by atoms with Crippen molar-refractivity contribution < 1.29 is 0 Å². The maximum atomic E-state index is 4.44. The molecule has 1 aromatic heterocycles. The third kappa shape index (κ3) is 2.99. The molecule has 1 saturated heterocycles. The van der Waals surface area contributed by atoms with Gasteiger partial charge < -0.3 is 9.88 Å². The van der Waals surface area contributed by atoms with Crippen LogP contribution in [0.3, 0.4) is 0 Å². The minimum atomic E-state index is 0.572. The Kier molecular flexibility index (Phi) is 4.16. The third-order valence-corrected chi connectivity index (χ3v) is 4.82. The molecule has 0 aromatic carbocycles. The summed E-state index contributed by atoms with van der Waals surface area (Å²) >= 11 is 0. The van der Waals surface area contributed by atoms with Crippen LogP contribution in [0.2, 0.25) is 0 Å². The molecule has 19 heavy (non-hydrogen) atoms. The third-order valence-electron chi connectivity index (χ3n) is 4.82. The quantitative estimate of drug-likeness (QED) is 0.907. The molecular weight excluding hydrogens is 236 g/mol. The maximum absolute atomic E-state index is 4.44. The van der Waals surface area contributed by atoms with Crippen LogP contribution in [0.4, 0.5) is 0 Å². The van der Waals surface area contributed by atoms with Gasteiger partial charge in [-0.05, 0) is 38.6 Å². The van der Waals surface area contributed by atoms with Crippen LogP contribution in [0.15, 0.2) is 0 Å². The summed E-state index contributed by atoms with van der Waals surface area (Å²) in [4.78, 5) is 0. The van der Waals surface area contributed by atoms with Gasteiger partial charge in [0.2, 0.25) is 0 Å². The van der Waals surface area contributed by atoms with E-state index < -0.39 is 0 Å². The number of rotatable bonds is 4. The number of piperidine rings is 1. The van der Waals surface area contributed by atoms with Gasteiger partial charge in [0.25, 0.3) is 0 Å². The Balaban J connectivity index is 1.66. The SMILES string of the molecule is Cc1nnc(CCC2CCCC2)n1C1CCCNC1. The van der Waals surface area contributed by atoms with Gasteiger partial charge in [0.15, 0.2) is 0 Å². The smallest absolute Gasteiger partial charge is 0.133 e. The molecule has 1 aromatic rings. The number of aryl methyl sites for hydroxylation is 2. The average Bonchev–Trinajstić information content (AvgIpc) is 3.07. The van der Waals surface area contributed by atoms with E-state index in [-0.39, 0.29) is 0 Å². The van der Waals surface area contributed by atoms with Crippen LogP contribution < -0.4 is 5.32 Å². The van der Waals surface area contributed by atoms with Gasteiger partial charge in [-0.3, -0.25) is 0 Å². The Hall–Kier alpha value is -0.900. The second-order valence-corrected chi connectivity index (χ2v) is 6.22. The van der Waals surface area contributed by atoms with E-state index in [1.54, 1.807) is 0 Å². The normalized spacial score (nSPS) is 25.0. The van der Waals surface area contributed by atoms with Crippen LogP contribution in [0, 0.1) is 12.8 Å². The van der Waals surface area contributed by atoms with Gasteiger partial charge in [-0.25, -0.2) is 0 Å². The van der Waals surface area contributed by atoms with E-state index in [2.05, 4.69) is 27.0 Å². The molecular formula is C15H26N4. The van der Waals surface area contributed by atoms with E-state index in [0.29, 0.717) is 6.04 Å². The van der Waals surface area contributed by atoms with Gasteiger partial charge in [-0.2, -0.15) is 0 Å². The van der Waals surface area contributed by atoms with Crippen molar-refractivity contribution in [3.05, 3.63) is 11.6 Å². The lowest BCUT2D eigenvalue weighted by atomic mass is 10.0. The van der Waals surface area contributed by atoms with Crippen molar-refractivity contribution in [1.82, 2.24) is 20.1 Å². The first-order valence-corrected chi connectivity index (χ1v) is 7.95. The molecule has 0 radical (unpaired) electrons. The lowest BCUT2D eigenvalue weighted by molar-refractivity contribution is 0.354. The molecule has 1 atom stereocenters. The Bertz CT molecular complexity index is 400. The maximum Gasteiger partial charge on any atom is 0.133 e. The molecule has 0 bridgehead atoms. The van der Waals surface area contributed by atoms with Gasteiger partial charge in [0.1, 0.15) is 11.6 Å². The van der Waals surface area contributed by atoms with Gasteiger partial charge >= 0.3 is 0 Å². The molecule has 1 aliphatic heterocycles. The lowest BCUT2D eigenvalue weighted by Crippen LogP contribution is -2.33. The standard InChI is InChI=1S/C15H26N4/c1-12-17-18-15(9-8-13-5-2-3-6-13)19(12)14-7-4-10-16-11-14/h13-14,16H,2-11H2,1H3. The van der Waals surface area contributed by atoms with Crippen molar-refractivity contribution in [3.63, 3.8) is 0 Å². The Morgan fingerprint density at radius 3 is 2.74 bits per heavy atom. The largest absolute Gasteiger partial charge is 0.315 e. The Morgan fingerprint density at radius 1 is 1.16 bits per heavy atom. The molecule has 4 nitrogen and oxygen atoms in total. The van der Waals surface area contributed by atoms with E-state index >= 15 is 0 Å². The van der Waals surface area contributed by atoms with Gasteiger partial charge in [-0.1, -0.05) is 25.7 Å². The van der Waals surface area contributed by atoms with Crippen LogP contribution in [-0.4, -0.2) is 27.9 Å². The van der Waals surface area contributed by atoms with E-state index in [4.69, 9.17) is 0 Å². The van der Waals surface area contributed by atoms with Crippen molar-refractivity contribution in [2.75, 3.05) is 13.1 Å². The molecule has 1 N–H and O–H groups in total. The van der Waals surface area contributed by atoms with E-state index in [9.17, 15) is 0 Å². The Morgan fingerprint density at radius 2 is 2.00 bits per heavy atom. The number of hydrogen-bond donors (Lipinski definition) is 1. The van der Waals surface area contributed by atoms with Gasteiger partial charge in [0.05, 0.1) is 0 Å². The van der Waals surface area contributed by atoms with Crippen molar-refractivity contribution in [2.24, 2.45) is 5.92 Å². The molecule has 0 amide bonds. The highest BCUT2D eigenvalue weighted by Gasteiger charge is 2.22. The number of hydrogen-bond acceptors (Lipinski definition) is 3. The molecule has 2 aliphatic rings. The fraction of sp³-hybridized carbons (Fsp3) is 0.867. The summed E-state index contributed by atoms with van der Waals surface area (Å²) in [5, 5.41) is 12.3. The van der Waals surface area contributed by atoms with Crippen LogP contribution in [0.25, 0.3) is 0 Å². The van der Waals surface area contributed by atoms with E-state index in [0.717, 1.165) is 31.3 Å². The summed E-state index contributed by atoms with van der Waals surface area (Å²) in [5.74, 6) is 3.25. The summed E-state index contributed by atoms with van der Waals surface area (Å²) in [6.45, 7) is 4.34. The number of nitrogens with zero attached hydrogens (tertiary/aromatic N) is 3. The first kappa shape index (κ1) is 13.1. The summed E-state index contributed by atoms with van der Waals surface area (Å²) < 4.78 is 2.40. The van der Waals surface area contributed by atoms with Crippen LogP contribution in [0.5, 0.6) is 0 Å². The predicted octanol–water partition coefficient (Wildman–Crippen LogP) is 2.63. The lowest BCUT2D eigenvalue weighted by Gasteiger charge is -2.26. The molecule has 1 aliphatic carbocycles. The van der Waals surface area contributed by atoms with Crippen LogP contribution in [-0.2, 0) is 6.42 Å². The van der Waals surface area contributed by atoms with Crippen LogP contribution in [0.1, 0.15) is 62.6 Å². The molecule has 3 rings (SSSR count). The minimum absolute atomic E-state index is 0.572. The fourth-order valence-electron chi connectivity index (χ4n) is 3.74. The molecule has 0 spiro atoms. The zero-order valence-electron chi connectivity index (χ0n) is 12.1. The molecule has 1 saturated carbocycles. The van der Waals surface area contributed by atoms with E-state index in [1.807, 2.05) is 0 Å². The topological polar surface area (TPSA) is 42.7 Å². The summed E-state index contributed by atoms with van der Waals surface area (Å²) in [6, 6.07) is 0.572. The van der Waals surface area contributed by atoms with Gasteiger partial charge in [-0.15, -0.1) is 10.2 Å². The fourth-order valence-corrected chi connectivity index (χ4v) is 3.74. The van der Waals surface area contributed by atoms with Gasteiger partial charge in [0, 0.05) is 19.0 Å². The monoisotopic (exact) mass is 262 g/mol. The minimum Gasteiger partial charge on any atom is -0.315 e.